The number of rotatable bonds is 3. The number of aromatic nitrogens is 1. The van der Waals surface area contributed by atoms with Crippen LogP contribution < -0.4 is 10.1 Å². The summed E-state index contributed by atoms with van der Waals surface area (Å²) in [7, 11) is 1.90. The van der Waals surface area contributed by atoms with Gasteiger partial charge in [0.2, 0.25) is 0 Å². The minimum Gasteiger partial charge on any atom is -0.488 e. The topological polar surface area (TPSA) is 34.2 Å². The Balaban J connectivity index is 2.33. The van der Waals surface area contributed by atoms with Crippen molar-refractivity contribution in [2.75, 3.05) is 12.4 Å². The Hall–Kier alpha value is -1.25. The zero-order valence-electron chi connectivity index (χ0n) is 10.5. The predicted octanol–water partition coefficient (Wildman–Crippen LogP) is 2.96. The molecule has 1 heterocycles. The summed E-state index contributed by atoms with van der Waals surface area (Å²) in [5, 5.41) is 3.10. The largest absolute Gasteiger partial charge is 0.488 e. The average Bonchev–Trinajstić information content (AvgIpc) is 3.00. The predicted molar refractivity (Wildman–Crippen MR) is 66.1 cm³/mol. The van der Waals surface area contributed by atoms with Crippen LogP contribution in [0.2, 0.25) is 0 Å². The van der Waals surface area contributed by atoms with Gasteiger partial charge >= 0.3 is 0 Å². The molecule has 1 N–H and O–H groups in total. The fourth-order valence-electron chi connectivity index (χ4n) is 1.60. The smallest absolute Gasteiger partial charge is 0.143 e. The van der Waals surface area contributed by atoms with Gasteiger partial charge in [0.15, 0.2) is 0 Å². The summed E-state index contributed by atoms with van der Waals surface area (Å²) in [6.07, 6.45) is 4.62. The van der Waals surface area contributed by atoms with E-state index in [-0.39, 0.29) is 5.41 Å². The van der Waals surface area contributed by atoms with Gasteiger partial charge in [-0.1, -0.05) is 20.8 Å². The Kier molecular flexibility index (Phi) is 2.78. The first-order valence-electron chi connectivity index (χ1n) is 5.85. The van der Waals surface area contributed by atoms with Gasteiger partial charge in [-0.15, -0.1) is 0 Å². The van der Waals surface area contributed by atoms with E-state index < -0.39 is 0 Å². The van der Waals surface area contributed by atoms with Crippen LogP contribution in [0, 0.1) is 0 Å². The Morgan fingerprint density at radius 1 is 1.38 bits per heavy atom. The quantitative estimate of drug-likeness (QED) is 0.850. The first kappa shape index (κ1) is 11.2. The van der Waals surface area contributed by atoms with Crippen molar-refractivity contribution in [1.29, 1.82) is 0 Å². The third-order valence-electron chi connectivity index (χ3n) is 2.67. The lowest BCUT2D eigenvalue weighted by atomic mass is 9.91. The summed E-state index contributed by atoms with van der Waals surface area (Å²) in [4.78, 5) is 4.51. The fraction of sp³-hybridized carbons (Fsp3) is 0.615. The molecule has 0 amide bonds. The summed E-state index contributed by atoms with van der Waals surface area (Å²) in [6.45, 7) is 6.48. The molecule has 0 unspecified atom stereocenters. The Bertz CT molecular complexity index is 378. The maximum absolute atomic E-state index is 5.92. The summed E-state index contributed by atoms with van der Waals surface area (Å²) < 4.78 is 5.92. The monoisotopic (exact) mass is 220 g/mol. The van der Waals surface area contributed by atoms with Crippen LogP contribution in [0.5, 0.6) is 5.75 Å². The van der Waals surface area contributed by atoms with Gasteiger partial charge in [0.25, 0.3) is 0 Å². The second-order valence-electron chi connectivity index (χ2n) is 5.39. The van der Waals surface area contributed by atoms with E-state index in [1.807, 2.05) is 19.3 Å². The third kappa shape index (κ3) is 2.46. The fourth-order valence-corrected chi connectivity index (χ4v) is 1.60. The van der Waals surface area contributed by atoms with Crippen LogP contribution in [0.3, 0.4) is 0 Å². The highest BCUT2D eigenvalue weighted by Crippen LogP contribution is 2.35. The average molecular weight is 220 g/mol. The van der Waals surface area contributed by atoms with Gasteiger partial charge < -0.3 is 10.1 Å². The lowest BCUT2D eigenvalue weighted by Crippen LogP contribution is -2.16. The second-order valence-corrected chi connectivity index (χ2v) is 5.39. The molecule has 0 atom stereocenters. The molecule has 0 bridgehead atoms. The van der Waals surface area contributed by atoms with Crippen molar-refractivity contribution in [2.24, 2.45) is 0 Å². The molecule has 0 aliphatic heterocycles. The molecule has 0 spiro atoms. The zero-order valence-corrected chi connectivity index (χ0v) is 10.5. The molecule has 88 valence electrons. The van der Waals surface area contributed by atoms with E-state index in [4.69, 9.17) is 4.74 Å². The van der Waals surface area contributed by atoms with E-state index in [9.17, 15) is 0 Å². The van der Waals surface area contributed by atoms with Crippen LogP contribution in [0.25, 0.3) is 0 Å². The molecule has 3 heteroatoms. The Morgan fingerprint density at radius 3 is 2.56 bits per heavy atom. The lowest BCUT2D eigenvalue weighted by molar-refractivity contribution is 0.292. The van der Waals surface area contributed by atoms with E-state index >= 15 is 0 Å². The second kappa shape index (κ2) is 3.96. The van der Waals surface area contributed by atoms with Crippen molar-refractivity contribution in [3.8, 4) is 5.75 Å². The minimum atomic E-state index is 0.0243. The molecule has 0 radical (unpaired) electrons. The van der Waals surface area contributed by atoms with Crippen LogP contribution in [-0.4, -0.2) is 18.1 Å². The number of hydrogen-bond donors (Lipinski definition) is 1. The number of nitrogens with zero attached hydrogens (tertiary/aromatic N) is 1. The maximum Gasteiger partial charge on any atom is 0.143 e. The summed E-state index contributed by atoms with van der Waals surface area (Å²) in [5.41, 5.74) is 2.07. The van der Waals surface area contributed by atoms with Crippen LogP contribution in [0.4, 0.5) is 5.69 Å². The number of pyridine rings is 1. The van der Waals surface area contributed by atoms with Crippen LogP contribution >= 0.6 is 0 Å². The molecule has 1 aliphatic rings. The Labute approximate surface area is 97.2 Å². The molecule has 1 aromatic heterocycles. The van der Waals surface area contributed by atoms with Gasteiger partial charge in [0.05, 0.1) is 23.7 Å². The van der Waals surface area contributed by atoms with Crippen molar-refractivity contribution in [3.05, 3.63) is 18.0 Å². The molecule has 1 aromatic rings. The molecule has 3 nitrogen and oxygen atoms in total. The number of anilines is 1. The Morgan fingerprint density at radius 2 is 2.06 bits per heavy atom. The molecule has 1 aliphatic carbocycles. The van der Waals surface area contributed by atoms with Crippen molar-refractivity contribution in [2.45, 2.75) is 45.1 Å². The van der Waals surface area contributed by atoms with Gasteiger partial charge in [0, 0.05) is 18.5 Å². The van der Waals surface area contributed by atoms with Crippen molar-refractivity contribution < 1.29 is 4.74 Å². The molecule has 1 fully saturated rings. The van der Waals surface area contributed by atoms with Gasteiger partial charge in [-0.3, -0.25) is 4.98 Å². The van der Waals surface area contributed by atoms with Gasteiger partial charge in [0.1, 0.15) is 5.75 Å². The van der Waals surface area contributed by atoms with E-state index in [2.05, 4.69) is 31.1 Å². The zero-order chi connectivity index (χ0) is 11.8. The van der Waals surface area contributed by atoms with Crippen molar-refractivity contribution >= 4 is 5.69 Å². The van der Waals surface area contributed by atoms with Crippen molar-refractivity contribution in [3.63, 3.8) is 0 Å². The van der Waals surface area contributed by atoms with E-state index in [0.29, 0.717) is 6.10 Å². The standard InChI is InChI=1S/C13H20N2O/c1-13(2,3)12-11(16-10-5-6-10)7-9(14-4)8-15-12/h7-8,10,14H,5-6H2,1-4H3. The van der Waals surface area contributed by atoms with E-state index in [0.717, 1.165) is 17.1 Å². The molecule has 1 saturated carbocycles. The lowest BCUT2D eigenvalue weighted by Gasteiger charge is -2.22. The van der Waals surface area contributed by atoms with Crippen LogP contribution in [0.15, 0.2) is 12.3 Å². The molecule has 16 heavy (non-hydrogen) atoms. The highest BCUT2D eigenvalue weighted by molar-refractivity contribution is 5.49. The van der Waals surface area contributed by atoms with Gasteiger partial charge in [-0.2, -0.15) is 0 Å². The highest BCUT2D eigenvalue weighted by Gasteiger charge is 2.28. The number of hydrogen-bond acceptors (Lipinski definition) is 3. The van der Waals surface area contributed by atoms with Gasteiger partial charge in [-0.25, -0.2) is 0 Å². The summed E-state index contributed by atoms with van der Waals surface area (Å²) in [6, 6.07) is 2.05. The maximum atomic E-state index is 5.92. The van der Waals surface area contributed by atoms with Crippen LogP contribution in [-0.2, 0) is 5.41 Å². The SMILES string of the molecule is CNc1cnc(C(C)(C)C)c(OC2CC2)c1. The first-order chi connectivity index (χ1) is 7.50. The summed E-state index contributed by atoms with van der Waals surface area (Å²) >= 11 is 0. The number of nitrogens with one attached hydrogen (secondary N) is 1. The van der Waals surface area contributed by atoms with Crippen molar-refractivity contribution in [1.82, 2.24) is 4.98 Å². The first-order valence-corrected chi connectivity index (χ1v) is 5.85. The van der Waals surface area contributed by atoms with E-state index in [1.165, 1.54) is 12.8 Å². The molecule has 2 rings (SSSR count). The normalized spacial score (nSPS) is 16.0. The summed E-state index contributed by atoms with van der Waals surface area (Å²) in [5.74, 6) is 0.932. The molecule has 0 aromatic carbocycles. The minimum absolute atomic E-state index is 0.0243. The van der Waals surface area contributed by atoms with Gasteiger partial charge in [-0.05, 0) is 12.8 Å². The molecule has 0 saturated heterocycles. The van der Waals surface area contributed by atoms with E-state index in [1.54, 1.807) is 0 Å². The molecular formula is C13H20N2O. The third-order valence-corrected chi connectivity index (χ3v) is 2.67. The molecular weight excluding hydrogens is 200 g/mol. The van der Waals surface area contributed by atoms with Crippen LogP contribution in [0.1, 0.15) is 39.3 Å². The highest BCUT2D eigenvalue weighted by atomic mass is 16.5. The number of ether oxygens (including phenoxy) is 1.